The molecule has 1 saturated heterocycles. The van der Waals surface area contributed by atoms with E-state index < -0.39 is 57.7 Å². The van der Waals surface area contributed by atoms with E-state index in [1.165, 1.54) is 0 Å². The van der Waals surface area contributed by atoms with Gasteiger partial charge in [0.05, 0.1) is 6.61 Å². The van der Waals surface area contributed by atoms with E-state index in [-0.39, 0.29) is 0 Å². The van der Waals surface area contributed by atoms with Crippen LogP contribution >= 0.6 is 15.2 Å². The van der Waals surface area contributed by atoms with Crippen LogP contribution in [-0.4, -0.2) is 82.5 Å². The van der Waals surface area contributed by atoms with E-state index in [0.717, 1.165) is 0 Å². The van der Waals surface area contributed by atoms with E-state index in [0.29, 0.717) is 0 Å². The average Bonchev–Trinajstić information content (AvgIpc) is 2.26. The van der Waals surface area contributed by atoms with Crippen LogP contribution in [0.1, 0.15) is 0 Å². The van der Waals surface area contributed by atoms with Crippen LogP contribution in [0, 0.1) is 0 Å². The highest BCUT2D eigenvalue weighted by Crippen LogP contribution is 2.62. The van der Waals surface area contributed by atoms with Gasteiger partial charge in [-0.3, -0.25) is 9.13 Å². The molecule has 0 aliphatic carbocycles. The minimum atomic E-state index is -5.41. The molecular formula is C7H16O11P2. The van der Waals surface area contributed by atoms with Crippen molar-refractivity contribution in [2.45, 2.75) is 35.9 Å². The molecule has 0 amide bonds. The van der Waals surface area contributed by atoms with Gasteiger partial charge in [-0.2, -0.15) is 0 Å². The van der Waals surface area contributed by atoms with Gasteiger partial charge in [-0.15, -0.1) is 0 Å². The second-order valence-electron chi connectivity index (χ2n) is 4.39. The normalized spacial score (nSPS) is 36.4. The number of hydrogen-bond acceptors (Lipinski definition) is 7. The molecule has 20 heavy (non-hydrogen) atoms. The molecule has 0 radical (unpaired) electrons. The Kier molecular flexibility index (Phi) is 5.51. The Morgan fingerprint density at radius 1 is 0.900 bits per heavy atom. The topological polar surface area (TPSA) is 205 Å². The fourth-order valence-electron chi connectivity index (χ4n) is 1.96. The van der Waals surface area contributed by atoms with Crippen LogP contribution < -0.4 is 0 Å². The molecular weight excluding hydrogens is 322 g/mol. The quantitative estimate of drug-likeness (QED) is 0.236. The summed E-state index contributed by atoms with van der Waals surface area (Å²) in [5.74, 6) is 0. The summed E-state index contributed by atoms with van der Waals surface area (Å²) in [6, 6.07) is 0. The number of rotatable bonds is 4. The maximum Gasteiger partial charge on any atom is 0.343 e. The van der Waals surface area contributed by atoms with E-state index in [1.54, 1.807) is 0 Å². The molecule has 1 unspecified atom stereocenters. The van der Waals surface area contributed by atoms with E-state index in [2.05, 4.69) is 0 Å². The fraction of sp³-hybridized carbons (Fsp3) is 1.00. The van der Waals surface area contributed by atoms with Crippen molar-refractivity contribution in [1.82, 2.24) is 0 Å². The highest BCUT2D eigenvalue weighted by molar-refractivity contribution is 7.71. The summed E-state index contributed by atoms with van der Waals surface area (Å²) in [7, 11) is -10.8. The lowest BCUT2D eigenvalue weighted by Gasteiger charge is -2.42. The lowest BCUT2D eigenvalue weighted by atomic mass is 9.96. The molecule has 120 valence electrons. The number of aliphatic hydroxyl groups excluding tert-OH is 4. The smallest absolute Gasteiger partial charge is 0.343 e. The Hall–Kier alpha value is 0.1000. The van der Waals surface area contributed by atoms with Crippen LogP contribution in [0.3, 0.4) is 0 Å². The number of hydrogen-bond donors (Lipinski definition) is 8. The van der Waals surface area contributed by atoms with Gasteiger partial charge in [0, 0.05) is 0 Å². The Bertz CT molecular complexity index is 404. The molecule has 0 aromatic rings. The van der Waals surface area contributed by atoms with Gasteiger partial charge >= 0.3 is 15.2 Å². The zero-order valence-electron chi connectivity index (χ0n) is 9.87. The molecule has 1 aliphatic heterocycles. The molecule has 1 heterocycles. The first-order valence-corrected chi connectivity index (χ1v) is 8.68. The molecule has 11 nitrogen and oxygen atoms in total. The predicted molar refractivity (Wildman–Crippen MR) is 61.6 cm³/mol. The average molecular weight is 338 g/mol. The Morgan fingerprint density at radius 3 is 1.70 bits per heavy atom. The summed E-state index contributed by atoms with van der Waals surface area (Å²) in [6.45, 7) is -0.892. The van der Waals surface area contributed by atoms with Crippen molar-refractivity contribution in [2.75, 3.05) is 6.61 Å². The molecule has 0 bridgehead atoms. The number of ether oxygens (including phenoxy) is 1. The van der Waals surface area contributed by atoms with Crippen LogP contribution in [0.2, 0.25) is 0 Å². The lowest BCUT2D eigenvalue weighted by molar-refractivity contribution is -0.226. The second kappa shape index (κ2) is 6.07. The first kappa shape index (κ1) is 18.1. The van der Waals surface area contributed by atoms with E-state index in [4.69, 9.17) is 29.4 Å². The Morgan fingerprint density at radius 2 is 1.35 bits per heavy atom. The lowest BCUT2D eigenvalue weighted by Crippen LogP contribution is -2.61. The minimum Gasteiger partial charge on any atom is -0.394 e. The van der Waals surface area contributed by atoms with Gasteiger partial charge in [-0.1, -0.05) is 0 Å². The molecule has 0 spiro atoms. The second-order valence-corrected chi connectivity index (χ2v) is 8.26. The largest absolute Gasteiger partial charge is 0.394 e. The predicted octanol–water partition coefficient (Wildman–Crippen LogP) is -3.49. The van der Waals surface area contributed by atoms with Gasteiger partial charge in [0.25, 0.3) is 0 Å². The molecule has 1 aliphatic rings. The molecule has 1 fully saturated rings. The first-order valence-electron chi connectivity index (χ1n) is 5.32. The number of aliphatic hydroxyl groups is 4. The molecule has 1 rings (SSSR count). The summed E-state index contributed by atoms with van der Waals surface area (Å²) in [6.07, 6.45) is -9.64. The summed E-state index contributed by atoms with van der Waals surface area (Å²) in [4.78, 5) is 36.1. The van der Waals surface area contributed by atoms with Gasteiger partial charge in [-0.25, -0.2) is 0 Å². The molecule has 0 aromatic heterocycles. The Labute approximate surface area is 112 Å². The van der Waals surface area contributed by atoms with Gasteiger partial charge in [0.1, 0.15) is 30.5 Å². The van der Waals surface area contributed by atoms with E-state index >= 15 is 0 Å². The van der Waals surface area contributed by atoms with Crippen molar-refractivity contribution in [3.05, 3.63) is 0 Å². The molecule has 5 atom stereocenters. The molecule has 8 N–H and O–H groups in total. The zero-order chi connectivity index (χ0) is 15.9. The SMILES string of the molecule is O=P(O)(O)C(C1O[C@H](CO)[C@H](O)[C@H](O)[C@H]1O)P(=O)(O)O. The van der Waals surface area contributed by atoms with E-state index in [9.17, 15) is 24.4 Å². The van der Waals surface area contributed by atoms with Gasteiger partial charge in [0.2, 0.25) is 0 Å². The summed E-state index contributed by atoms with van der Waals surface area (Å²) < 4.78 is 27.2. The van der Waals surface area contributed by atoms with Crippen molar-refractivity contribution >= 4 is 15.2 Å². The van der Waals surface area contributed by atoms with Gasteiger partial charge < -0.3 is 44.7 Å². The van der Waals surface area contributed by atoms with Crippen molar-refractivity contribution in [3.8, 4) is 0 Å². The van der Waals surface area contributed by atoms with Crippen LogP contribution in [-0.2, 0) is 13.9 Å². The highest BCUT2D eigenvalue weighted by atomic mass is 31.2. The van der Waals surface area contributed by atoms with Crippen molar-refractivity contribution in [3.63, 3.8) is 0 Å². The van der Waals surface area contributed by atoms with Crippen molar-refractivity contribution < 1.29 is 53.9 Å². The van der Waals surface area contributed by atoms with Gasteiger partial charge in [-0.05, 0) is 0 Å². The van der Waals surface area contributed by atoms with E-state index in [1.807, 2.05) is 0 Å². The maximum absolute atomic E-state index is 11.2. The van der Waals surface area contributed by atoms with Crippen molar-refractivity contribution in [2.24, 2.45) is 0 Å². The summed E-state index contributed by atoms with van der Waals surface area (Å²) in [5.41, 5.74) is 0. The van der Waals surface area contributed by atoms with Crippen LogP contribution in [0.4, 0.5) is 0 Å². The van der Waals surface area contributed by atoms with Crippen LogP contribution in [0.15, 0.2) is 0 Å². The molecule has 0 saturated carbocycles. The van der Waals surface area contributed by atoms with Gasteiger partial charge in [0.15, 0.2) is 5.40 Å². The third-order valence-electron chi connectivity index (χ3n) is 2.91. The van der Waals surface area contributed by atoms with Crippen LogP contribution in [0.25, 0.3) is 0 Å². The zero-order valence-corrected chi connectivity index (χ0v) is 11.7. The fourth-order valence-corrected chi connectivity index (χ4v) is 4.78. The third-order valence-corrected chi connectivity index (χ3v) is 6.68. The maximum atomic E-state index is 11.2. The highest BCUT2D eigenvalue weighted by Gasteiger charge is 2.57. The minimum absolute atomic E-state index is 0.892. The standard InChI is InChI=1S/C7H16O11P2/c8-1-2-3(9)4(10)5(11)6(18-2)7(19(12,13)14)20(15,16)17/h2-11H,1H2,(H2,12,13,14)(H2,15,16,17)/t2-,3+,4+,5-,6?/m1/s1. The van der Waals surface area contributed by atoms with Crippen LogP contribution in [0.5, 0.6) is 0 Å². The monoisotopic (exact) mass is 338 g/mol. The van der Waals surface area contributed by atoms with Crippen molar-refractivity contribution in [1.29, 1.82) is 0 Å². The Balaban J connectivity index is 3.20. The molecule has 13 heteroatoms. The summed E-state index contributed by atoms with van der Waals surface area (Å²) >= 11 is 0. The summed E-state index contributed by atoms with van der Waals surface area (Å²) in [5, 5.41) is 34.7. The third kappa shape index (κ3) is 3.65. The first-order chi connectivity index (χ1) is 8.91. The molecule has 0 aromatic carbocycles.